The summed E-state index contributed by atoms with van der Waals surface area (Å²) in [5, 5.41) is 3.06. The SMILES string of the molecule is CCOCCCN=C(N)NCCOc1ccccc1C(C)(C)C.I. The van der Waals surface area contributed by atoms with Crippen molar-refractivity contribution >= 4 is 29.9 Å². The molecule has 0 aliphatic rings. The van der Waals surface area contributed by atoms with Gasteiger partial charge in [-0.3, -0.25) is 4.99 Å². The molecule has 5 nitrogen and oxygen atoms in total. The van der Waals surface area contributed by atoms with Gasteiger partial charge in [-0.1, -0.05) is 39.0 Å². The van der Waals surface area contributed by atoms with Crippen LogP contribution in [0.1, 0.15) is 39.7 Å². The van der Waals surface area contributed by atoms with Gasteiger partial charge in [-0.15, -0.1) is 24.0 Å². The number of nitrogens with one attached hydrogen (secondary N) is 1. The fourth-order valence-electron chi connectivity index (χ4n) is 2.12. The van der Waals surface area contributed by atoms with Gasteiger partial charge < -0.3 is 20.5 Å². The molecule has 138 valence electrons. The maximum absolute atomic E-state index is 5.88. The van der Waals surface area contributed by atoms with Gasteiger partial charge >= 0.3 is 0 Å². The van der Waals surface area contributed by atoms with Gasteiger partial charge in [-0.05, 0) is 30.4 Å². The molecule has 6 heteroatoms. The van der Waals surface area contributed by atoms with E-state index in [1.165, 1.54) is 5.56 Å². The molecule has 1 aromatic rings. The Morgan fingerprint density at radius 3 is 2.58 bits per heavy atom. The van der Waals surface area contributed by atoms with Gasteiger partial charge in [0.05, 0.1) is 6.54 Å². The molecule has 0 amide bonds. The number of aliphatic imine (C=N–C) groups is 1. The minimum absolute atomic E-state index is 0. The highest BCUT2D eigenvalue weighted by Crippen LogP contribution is 2.30. The topological polar surface area (TPSA) is 68.9 Å². The van der Waals surface area contributed by atoms with E-state index >= 15 is 0 Å². The van der Waals surface area contributed by atoms with Crippen LogP contribution in [0.3, 0.4) is 0 Å². The third-order valence-corrected chi connectivity index (χ3v) is 3.29. The van der Waals surface area contributed by atoms with Gasteiger partial charge in [0.1, 0.15) is 12.4 Å². The first kappa shape index (κ1) is 23.0. The van der Waals surface area contributed by atoms with E-state index in [1.54, 1.807) is 0 Å². The maximum Gasteiger partial charge on any atom is 0.188 e. The fraction of sp³-hybridized carbons (Fsp3) is 0.611. The van der Waals surface area contributed by atoms with Gasteiger partial charge in [0.15, 0.2) is 5.96 Å². The minimum Gasteiger partial charge on any atom is -0.491 e. The van der Waals surface area contributed by atoms with Crippen LogP contribution in [0, 0.1) is 0 Å². The van der Waals surface area contributed by atoms with Crippen LogP contribution in [-0.4, -0.2) is 38.9 Å². The van der Waals surface area contributed by atoms with Crippen LogP contribution in [0.2, 0.25) is 0 Å². The average molecular weight is 449 g/mol. The van der Waals surface area contributed by atoms with Crippen LogP contribution in [0.15, 0.2) is 29.3 Å². The predicted molar refractivity (Wildman–Crippen MR) is 112 cm³/mol. The summed E-state index contributed by atoms with van der Waals surface area (Å²) in [4.78, 5) is 4.25. The molecule has 1 rings (SSSR count). The quantitative estimate of drug-likeness (QED) is 0.263. The normalized spacial score (nSPS) is 11.8. The smallest absolute Gasteiger partial charge is 0.188 e. The average Bonchev–Trinajstić information content (AvgIpc) is 2.51. The maximum atomic E-state index is 5.88. The zero-order valence-corrected chi connectivity index (χ0v) is 17.6. The lowest BCUT2D eigenvalue weighted by molar-refractivity contribution is 0.146. The lowest BCUT2D eigenvalue weighted by Crippen LogP contribution is -2.35. The van der Waals surface area contributed by atoms with Crippen molar-refractivity contribution in [2.24, 2.45) is 10.7 Å². The number of ether oxygens (including phenoxy) is 2. The standard InChI is InChI=1S/C18H31N3O2.HI/c1-5-22-13-8-11-20-17(19)21-12-14-23-16-10-7-6-9-15(16)18(2,3)4;/h6-7,9-10H,5,8,11-14H2,1-4H3,(H3,19,20,21);1H. The van der Waals surface area contributed by atoms with Gasteiger partial charge in [-0.2, -0.15) is 0 Å². The summed E-state index contributed by atoms with van der Waals surface area (Å²) < 4.78 is 11.1. The molecule has 3 N–H and O–H groups in total. The van der Waals surface area contributed by atoms with Gasteiger partial charge in [0.2, 0.25) is 0 Å². The molecule has 24 heavy (non-hydrogen) atoms. The van der Waals surface area contributed by atoms with Crippen LogP contribution in [-0.2, 0) is 10.2 Å². The second kappa shape index (κ2) is 12.4. The number of rotatable bonds is 9. The largest absolute Gasteiger partial charge is 0.491 e. The Kier molecular flexibility index (Phi) is 11.8. The molecule has 0 saturated heterocycles. The van der Waals surface area contributed by atoms with Gasteiger partial charge in [0.25, 0.3) is 0 Å². The number of benzene rings is 1. The van der Waals surface area contributed by atoms with E-state index in [4.69, 9.17) is 15.2 Å². The first-order valence-corrected chi connectivity index (χ1v) is 8.29. The first-order chi connectivity index (χ1) is 10.9. The number of hydrogen-bond donors (Lipinski definition) is 2. The van der Waals surface area contributed by atoms with E-state index in [1.807, 2.05) is 25.1 Å². The summed E-state index contributed by atoms with van der Waals surface area (Å²) in [6.07, 6.45) is 0.881. The summed E-state index contributed by atoms with van der Waals surface area (Å²) in [5.74, 6) is 1.38. The third-order valence-electron chi connectivity index (χ3n) is 3.29. The molecule has 0 unspecified atom stereocenters. The first-order valence-electron chi connectivity index (χ1n) is 8.29. The molecule has 0 heterocycles. The summed E-state index contributed by atoms with van der Waals surface area (Å²) in [6, 6.07) is 8.15. The lowest BCUT2D eigenvalue weighted by atomic mass is 9.86. The predicted octanol–water partition coefficient (Wildman–Crippen LogP) is 3.31. The van der Waals surface area contributed by atoms with Gasteiger partial charge in [0, 0.05) is 19.8 Å². The Morgan fingerprint density at radius 2 is 1.92 bits per heavy atom. The third kappa shape index (κ3) is 9.32. The minimum atomic E-state index is 0. The second-order valence-corrected chi connectivity index (χ2v) is 6.34. The second-order valence-electron chi connectivity index (χ2n) is 6.34. The highest BCUT2D eigenvalue weighted by Gasteiger charge is 2.18. The van der Waals surface area contributed by atoms with E-state index in [0.717, 1.165) is 25.4 Å². The summed E-state index contributed by atoms with van der Waals surface area (Å²) in [6.45, 7) is 11.8. The molecule has 1 aromatic carbocycles. The monoisotopic (exact) mass is 449 g/mol. The molecule has 0 saturated carbocycles. The number of nitrogens with zero attached hydrogens (tertiary/aromatic N) is 1. The molecular weight excluding hydrogens is 417 g/mol. The fourth-order valence-corrected chi connectivity index (χ4v) is 2.12. The number of nitrogens with two attached hydrogens (primary N) is 1. The van der Waals surface area contributed by atoms with Crippen molar-refractivity contribution in [3.63, 3.8) is 0 Å². The van der Waals surface area contributed by atoms with Crippen molar-refractivity contribution in [3.8, 4) is 5.75 Å². The van der Waals surface area contributed by atoms with E-state index in [9.17, 15) is 0 Å². The van der Waals surface area contributed by atoms with Crippen molar-refractivity contribution in [2.45, 2.75) is 39.5 Å². The van der Waals surface area contributed by atoms with Crippen LogP contribution < -0.4 is 15.8 Å². The Labute approximate surface area is 163 Å². The van der Waals surface area contributed by atoms with E-state index in [-0.39, 0.29) is 29.4 Å². The van der Waals surface area contributed by atoms with Crippen molar-refractivity contribution in [1.82, 2.24) is 5.32 Å². The summed E-state index contributed by atoms with van der Waals surface area (Å²) in [5.41, 5.74) is 7.08. The Balaban J connectivity index is 0.00000529. The van der Waals surface area contributed by atoms with Crippen LogP contribution in [0.5, 0.6) is 5.75 Å². The molecule has 0 spiro atoms. The summed E-state index contributed by atoms with van der Waals surface area (Å²) >= 11 is 0. The molecule has 0 bridgehead atoms. The highest BCUT2D eigenvalue weighted by atomic mass is 127. The van der Waals surface area contributed by atoms with Crippen LogP contribution in [0.4, 0.5) is 0 Å². The number of guanidine groups is 1. The number of hydrogen-bond acceptors (Lipinski definition) is 3. The Bertz CT molecular complexity index is 487. The van der Waals surface area contributed by atoms with Crippen molar-refractivity contribution in [1.29, 1.82) is 0 Å². The molecule has 0 fully saturated rings. The van der Waals surface area contributed by atoms with E-state index in [2.05, 4.69) is 37.1 Å². The summed E-state index contributed by atoms with van der Waals surface area (Å²) in [7, 11) is 0. The zero-order chi connectivity index (χ0) is 17.1. The highest BCUT2D eigenvalue weighted by molar-refractivity contribution is 14.0. The lowest BCUT2D eigenvalue weighted by Gasteiger charge is -2.22. The molecule has 0 radical (unpaired) electrons. The Hall–Kier alpha value is -1.02. The molecular formula is C18H32IN3O2. The van der Waals surface area contributed by atoms with Gasteiger partial charge in [-0.25, -0.2) is 0 Å². The number of para-hydroxylation sites is 1. The molecule has 0 aromatic heterocycles. The zero-order valence-electron chi connectivity index (χ0n) is 15.3. The Morgan fingerprint density at radius 1 is 1.21 bits per heavy atom. The molecule has 0 atom stereocenters. The van der Waals surface area contributed by atoms with Crippen LogP contribution in [0.25, 0.3) is 0 Å². The number of halogens is 1. The molecule has 0 aliphatic heterocycles. The van der Waals surface area contributed by atoms with E-state index in [0.29, 0.717) is 25.7 Å². The van der Waals surface area contributed by atoms with Crippen molar-refractivity contribution in [2.75, 3.05) is 32.9 Å². The molecule has 0 aliphatic carbocycles. The van der Waals surface area contributed by atoms with Crippen LogP contribution >= 0.6 is 24.0 Å². The van der Waals surface area contributed by atoms with Crippen molar-refractivity contribution < 1.29 is 9.47 Å². The van der Waals surface area contributed by atoms with E-state index < -0.39 is 0 Å². The van der Waals surface area contributed by atoms with Crippen molar-refractivity contribution in [3.05, 3.63) is 29.8 Å².